The highest BCUT2D eigenvalue weighted by molar-refractivity contribution is 7.11. The van der Waals surface area contributed by atoms with Gasteiger partial charge in [0.2, 0.25) is 0 Å². The molecule has 0 atom stereocenters. The summed E-state index contributed by atoms with van der Waals surface area (Å²) in [4.78, 5) is 10.1. The molecule has 0 N–H and O–H groups in total. The number of aromatic nitrogens is 2. The fraction of sp³-hybridized carbons (Fsp3) is 0.273. The van der Waals surface area contributed by atoms with Gasteiger partial charge in [0.15, 0.2) is 0 Å². The van der Waals surface area contributed by atoms with E-state index < -0.39 is 0 Å². The number of ether oxygens (including phenoxy) is 1. The van der Waals surface area contributed by atoms with Crippen LogP contribution in [0.3, 0.4) is 0 Å². The summed E-state index contributed by atoms with van der Waals surface area (Å²) < 4.78 is 18.3. The molecule has 1 saturated heterocycles. The Labute approximate surface area is 102 Å². The lowest BCUT2D eigenvalue weighted by Crippen LogP contribution is -2.54. The first-order valence-electron chi connectivity index (χ1n) is 5.24. The zero-order valence-electron chi connectivity index (χ0n) is 8.91. The van der Waals surface area contributed by atoms with E-state index in [0.717, 1.165) is 18.9 Å². The van der Waals surface area contributed by atoms with Crippen molar-refractivity contribution in [2.45, 2.75) is 6.10 Å². The fourth-order valence-electron chi connectivity index (χ4n) is 1.67. The van der Waals surface area contributed by atoms with Crippen LogP contribution in [0.15, 0.2) is 29.9 Å². The first-order valence-corrected chi connectivity index (χ1v) is 6.12. The summed E-state index contributed by atoms with van der Waals surface area (Å²) in [6.07, 6.45) is 3.09. The molecule has 1 fully saturated rings. The molecule has 4 nitrogen and oxygen atoms in total. The molecule has 0 radical (unpaired) electrons. The van der Waals surface area contributed by atoms with Gasteiger partial charge in [-0.05, 0) is 12.1 Å². The summed E-state index contributed by atoms with van der Waals surface area (Å²) in [6.45, 7) is 1.52. The first-order chi connectivity index (χ1) is 8.31. The van der Waals surface area contributed by atoms with E-state index in [9.17, 15) is 4.39 Å². The molecule has 6 heteroatoms. The normalized spacial score (nSPS) is 15.7. The summed E-state index contributed by atoms with van der Waals surface area (Å²) in [5.41, 5.74) is 0. The Hall–Kier alpha value is -1.69. The van der Waals surface area contributed by atoms with Gasteiger partial charge in [0.25, 0.3) is 5.19 Å². The van der Waals surface area contributed by atoms with Crippen molar-refractivity contribution in [3.05, 3.63) is 35.7 Å². The second-order valence-electron chi connectivity index (χ2n) is 3.78. The monoisotopic (exact) mass is 251 g/mol. The van der Waals surface area contributed by atoms with Crippen LogP contribution < -0.4 is 9.64 Å². The smallest absolute Gasteiger partial charge is 0.273 e. The minimum absolute atomic E-state index is 0.146. The van der Waals surface area contributed by atoms with E-state index in [1.807, 2.05) is 10.3 Å². The van der Waals surface area contributed by atoms with Crippen LogP contribution in [-0.4, -0.2) is 29.2 Å². The van der Waals surface area contributed by atoms with Crippen molar-refractivity contribution in [2.24, 2.45) is 0 Å². The van der Waals surface area contributed by atoms with Crippen LogP contribution in [0.2, 0.25) is 0 Å². The maximum atomic E-state index is 12.7. The zero-order valence-corrected chi connectivity index (χ0v) is 9.73. The second kappa shape index (κ2) is 4.29. The van der Waals surface area contributed by atoms with E-state index in [0.29, 0.717) is 5.19 Å². The Morgan fingerprint density at radius 2 is 2.24 bits per heavy atom. The van der Waals surface area contributed by atoms with Crippen LogP contribution >= 0.6 is 11.3 Å². The van der Waals surface area contributed by atoms with Gasteiger partial charge in [0.1, 0.15) is 17.7 Å². The zero-order chi connectivity index (χ0) is 11.7. The number of nitrogens with zero attached hydrogens (tertiary/aromatic N) is 3. The van der Waals surface area contributed by atoms with Crippen molar-refractivity contribution < 1.29 is 9.13 Å². The minimum atomic E-state index is -0.315. The molecular weight excluding hydrogens is 241 g/mol. The van der Waals surface area contributed by atoms with Crippen LogP contribution in [0.5, 0.6) is 5.19 Å². The lowest BCUT2D eigenvalue weighted by Gasteiger charge is -2.39. The largest absolute Gasteiger partial charge is 0.463 e. The molecule has 1 aliphatic heterocycles. The van der Waals surface area contributed by atoms with Crippen LogP contribution in [0, 0.1) is 5.82 Å². The minimum Gasteiger partial charge on any atom is -0.463 e. The van der Waals surface area contributed by atoms with Gasteiger partial charge in [-0.2, -0.15) is 0 Å². The standard InChI is InChI=1S/C11H10FN3OS/c12-8-1-2-10(14-5-8)15-6-9(7-15)16-11-13-3-4-17-11/h1-5,9H,6-7H2. The molecule has 0 aromatic carbocycles. The lowest BCUT2D eigenvalue weighted by molar-refractivity contribution is 0.166. The van der Waals surface area contributed by atoms with Gasteiger partial charge >= 0.3 is 0 Å². The van der Waals surface area contributed by atoms with E-state index in [2.05, 4.69) is 9.97 Å². The summed E-state index contributed by atoms with van der Waals surface area (Å²) in [6, 6.07) is 3.09. The lowest BCUT2D eigenvalue weighted by atomic mass is 10.1. The highest BCUT2D eigenvalue weighted by Gasteiger charge is 2.29. The number of thiazole rings is 1. The predicted octanol–water partition coefficient (Wildman–Crippen LogP) is 1.94. The molecule has 3 heterocycles. The van der Waals surface area contributed by atoms with Gasteiger partial charge in [-0.15, -0.1) is 0 Å². The summed E-state index contributed by atoms with van der Waals surface area (Å²) in [5, 5.41) is 2.58. The van der Waals surface area contributed by atoms with Gasteiger partial charge in [-0.1, -0.05) is 11.3 Å². The third kappa shape index (κ3) is 2.21. The van der Waals surface area contributed by atoms with Crippen molar-refractivity contribution in [3.63, 3.8) is 0 Å². The van der Waals surface area contributed by atoms with Crippen molar-refractivity contribution in [3.8, 4) is 5.19 Å². The highest BCUT2D eigenvalue weighted by atomic mass is 32.1. The SMILES string of the molecule is Fc1ccc(N2CC(Oc3nccs3)C2)nc1. The van der Waals surface area contributed by atoms with Gasteiger partial charge in [-0.25, -0.2) is 14.4 Å². The third-order valence-corrected chi connectivity index (χ3v) is 3.22. The molecule has 3 rings (SSSR count). The molecule has 2 aromatic rings. The van der Waals surface area contributed by atoms with Crippen molar-refractivity contribution >= 4 is 17.2 Å². The molecule has 17 heavy (non-hydrogen) atoms. The van der Waals surface area contributed by atoms with E-state index in [1.165, 1.54) is 23.6 Å². The van der Waals surface area contributed by atoms with Gasteiger partial charge in [0.05, 0.1) is 19.3 Å². The molecule has 0 aliphatic carbocycles. The Kier molecular flexibility index (Phi) is 2.64. The fourth-order valence-corrected chi connectivity index (χ4v) is 2.22. The van der Waals surface area contributed by atoms with Crippen molar-refractivity contribution in [1.29, 1.82) is 0 Å². The predicted molar refractivity (Wildman–Crippen MR) is 62.9 cm³/mol. The molecule has 0 bridgehead atoms. The average molecular weight is 251 g/mol. The molecule has 0 saturated carbocycles. The van der Waals surface area contributed by atoms with Crippen LogP contribution in [0.4, 0.5) is 10.2 Å². The van der Waals surface area contributed by atoms with Crippen molar-refractivity contribution in [2.75, 3.05) is 18.0 Å². The molecule has 2 aromatic heterocycles. The average Bonchev–Trinajstić information content (AvgIpc) is 2.77. The molecule has 0 spiro atoms. The summed E-state index contributed by atoms with van der Waals surface area (Å²) >= 11 is 1.48. The first kappa shape index (κ1) is 10.5. The van der Waals surface area contributed by atoms with Crippen LogP contribution in [0.25, 0.3) is 0 Å². The number of anilines is 1. The number of halogens is 1. The quantitative estimate of drug-likeness (QED) is 0.835. The molecular formula is C11H10FN3OS. The number of rotatable bonds is 3. The van der Waals surface area contributed by atoms with Gasteiger partial charge < -0.3 is 9.64 Å². The Balaban J connectivity index is 1.56. The number of hydrogen-bond acceptors (Lipinski definition) is 5. The van der Waals surface area contributed by atoms with Gasteiger partial charge in [0, 0.05) is 11.6 Å². The van der Waals surface area contributed by atoms with Crippen molar-refractivity contribution in [1.82, 2.24) is 9.97 Å². The summed E-state index contributed by atoms with van der Waals surface area (Å²) in [7, 11) is 0. The molecule has 0 unspecified atom stereocenters. The van der Waals surface area contributed by atoms with E-state index in [1.54, 1.807) is 12.3 Å². The molecule has 88 valence electrons. The molecule has 1 aliphatic rings. The van der Waals surface area contributed by atoms with Crippen LogP contribution in [-0.2, 0) is 0 Å². The van der Waals surface area contributed by atoms with E-state index >= 15 is 0 Å². The number of pyridine rings is 1. The topological polar surface area (TPSA) is 38.2 Å². The van der Waals surface area contributed by atoms with E-state index in [-0.39, 0.29) is 11.9 Å². The maximum absolute atomic E-state index is 12.7. The van der Waals surface area contributed by atoms with Crippen LogP contribution in [0.1, 0.15) is 0 Å². The van der Waals surface area contributed by atoms with Gasteiger partial charge in [-0.3, -0.25) is 0 Å². The maximum Gasteiger partial charge on any atom is 0.273 e. The summed E-state index contributed by atoms with van der Waals surface area (Å²) in [5.74, 6) is 0.468. The Bertz CT molecular complexity index is 482. The van der Waals surface area contributed by atoms with E-state index in [4.69, 9.17) is 4.74 Å². The Morgan fingerprint density at radius 3 is 2.88 bits per heavy atom. The highest BCUT2D eigenvalue weighted by Crippen LogP contribution is 2.23. The molecule has 0 amide bonds. The third-order valence-electron chi connectivity index (χ3n) is 2.56. The Morgan fingerprint density at radius 1 is 1.35 bits per heavy atom. The number of hydrogen-bond donors (Lipinski definition) is 0. The second-order valence-corrected chi connectivity index (χ2v) is 4.63.